The molecule has 0 aliphatic carbocycles. The van der Waals surface area contributed by atoms with Gasteiger partial charge in [0.2, 0.25) is 5.69 Å². The second kappa shape index (κ2) is 6.98. The quantitative estimate of drug-likeness (QED) is 0.650. The molecule has 1 atom stereocenters. The van der Waals surface area contributed by atoms with Gasteiger partial charge in [-0.25, -0.2) is 4.98 Å². The van der Waals surface area contributed by atoms with E-state index in [9.17, 15) is 10.1 Å². The summed E-state index contributed by atoms with van der Waals surface area (Å²) in [7, 11) is 3.96. The number of likely N-dealkylation sites (N-methyl/N-ethyl adjacent to an activating group) is 1. The molecule has 8 heteroatoms. The van der Waals surface area contributed by atoms with E-state index in [1.807, 2.05) is 25.5 Å². The Labute approximate surface area is 132 Å². The first-order chi connectivity index (χ1) is 10.5. The molecule has 114 valence electrons. The van der Waals surface area contributed by atoms with Crippen molar-refractivity contribution in [3.8, 4) is 6.07 Å². The highest BCUT2D eigenvalue weighted by Crippen LogP contribution is 2.24. The Morgan fingerprint density at radius 1 is 1.50 bits per heavy atom. The third-order valence-corrected chi connectivity index (χ3v) is 4.12. The zero-order valence-corrected chi connectivity index (χ0v) is 13.0. The van der Waals surface area contributed by atoms with Gasteiger partial charge < -0.3 is 10.2 Å². The highest BCUT2D eigenvalue weighted by molar-refractivity contribution is 7.10. The second-order valence-electron chi connectivity index (χ2n) is 4.81. The zero-order chi connectivity index (χ0) is 16.1. The first kappa shape index (κ1) is 15.9. The Bertz CT molecular complexity index is 694. The summed E-state index contributed by atoms with van der Waals surface area (Å²) in [6, 6.07) is 8.77. The van der Waals surface area contributed by atoms with Crippen LogP contribution in [0, 0.1) is 21.4 Å². The van der Waals surface area contributed by atoms with Crippen LogP contribution in [-0.4, -0.2) is 35.4 Å². The number of hydrogen-bond acceptors (Lipinski definition) is 7. The summed E-state index contributed by atoms with van der Waals surface area (Å²) >= 11 is 1.66. The van der Waals surface area contributed by atoms with Crippen LogP contribution in [0.5, 0.6) is 0 Å². The van der Waals surface area contributed by atoms with Gasteiger partial charge in [-0.15, -0.1) is 11.3 Å². The van der Waals surface area contributed by atoms with E-state index in [1.165, 1.54) is 17.0 Å². The van der Waals surface area contributed by atoms with Gasteiger partial charge in [-0.3, -0.25) is 10.1 Å². The van der Waals surface area contributed by atoms with E-state index in [0.29, 0.717) is 12.4 Å². The summed E-state index contributed by atoms with van der Waals surface area (Å²) in [5, 5.41) is 24.9. The van der Waals surface area contributed by atoms with Gasteiger partial charge in [-0.1, -0.05) is 6.07 Å². The molecule has 1 unspecified atom stereocenters. The lowest BCUT2D eigenvalue weighted by molar-refractivity contribution is -0.385. The number of anilines is 1. The molecular weight excluding hydrogens is 302 g/mol. The van der Waals surface area contributed by atoms with Crippen LogP contribution >= 0.6 is 11.3 Å². The van der Waals surface area contributed by atoms with Crippen molar-refractivity contribution < 1.29 is 4.92 Å². The Morgan fingerprint density at radius 3 is 2.82 bits per heavy atom. The molecule has 1 N–H and O–H groups in total. The molecule has 2 aromatic rings. The third kappa shape index (κ3) is 3.58. The molecule has 0 aromatic carbocycles. The Balaban J connectivity index is 2.14. The molecule has 0 aliphatic heterocycles. The van der Waals surface area contributed by atoms with Crippen LogP contribution in [0.1, 0.15) is 16.6 Å². The average molecular weight is 317 g/mol. The molecule has 0 amide bonds. The molecule has 0 bridgehead atoms. The van der Waals surface area contributed by atoms with Crippen molar-refractivity contribution in [1.82, 2.24) is 9.88 Å². The van der Waals surface area contributed by atoms with Crippen molar-refractivity contribution in [2.75, 3.05) is 26.0 Å². The first-order valence-corrected chi connectivity index (χ1v) is 7.40. The van der Waals surface area contributed by atoms with Crippen LogP contribution in [0.25, 0.3) is 0 Å². The Hall–Kier alpha value is -2.50. The first-order valence-electron chi connectivity index (χ1n) is 6.52. The van der Waals surface area contributed by atoms with E-state index in [2.05, 4.69) is 21.3 Å². The molecule has 2 heterocycles. The summed E-state index contributed by atoms with van der Waals surface area (Å²) in [6.07, 6.45) is 0. The van der Waals surface area contributed by atoms with E-state index in [-0.39, 0.29) is 17.4 Å². The summed E-state index contributed by atoms with van der Waals surface area (Å²) in [5.74, 6) is 0.450. The molecular formula is C14H15N5O2S. The number of nitrogens with one attached hydrogen (secondary N) is 1. The van der Waals surface area contributed by atoms with Crippen molar-refractivity contribution in [3.05, 3.63) is 50.3 Å². The number of nitrogens with zero attached hydrogens (tertiary/aromatic N) is 4. The molecule has 0 saturated heterocycles. The zero-order valence-electron chi connectivity index (χ0n) is 12.2. The van der Waals surface area contributed by atoms with E-state index in [4.69, 9.17) is 5.26 Å². The minimum atomic E-state index is -0.608. The summed E-state index contributed by atoms with van der Waals surface area (Å²) < 4.78 is 0. The number of pyridine rings is 1. The normalized spacial score (nSPS) is 11.9. The topological polar surface area (TPSA) is 95.1 Å². The fourth-order valence-electron chi connectivity index (χ4n) is 2.00. The Kier molecular flexibility index (Phi) is 5.04. The largest absolute Gasteiger partial charge is 0.368 e. The lowest BCUT2D eigenvalue weighted by Gasteiger charge is -2.23. The molecule has 22 heavy (non-hydrogen) atoms. The smallest absolute Gasteiger partial charge is 0.305 e. The van der Waals surface area contributed by atoms with Crippen molar-refractivity contribution in [2.45, 2.75) is 6.04 Å². The van der Waals surface area contributed by atoms with Gasteiger partial charge in [0.25, 0.3) is 0 Å². The number of aromatic nitrogens is 1. The van der Waals surface area contributed by atoms with E-state index >= 15 is 0 Å². The molecule has 0 fully saturated rings. The summed E-state index contributed by atoms with van der Waals surface area (Å²) in [5.41, 5.74) is -0.469. The van der Waals surface area contributed by atoms with Crippen LogP contribution in [0.3, 0.4) is 0 Å². The Morgan fingerprint density at radius 2 is 2.27 bits per heavy atom. The van der Waals surface area contributed by atoms with Gasteiger partial charge in [-0.05, 0) is 31.6 Å². The predicted molar refractivity (Wildman–Crippen MR) is 84.8 cm³/mol. The van der Waals surface area contributed by atoms with E-state index < -0.39 is 4.92 Å². The SMILES string of the molecule is CN(C)C(CNc1ccc([N+](=O)[O-])c(C#N)n1)c1cccs1. The van der Waals surface area contributed by atoms with Crippen LogP contribution in [-0.2, 0) is 0 Å². The van der Waals surface area contributed by atoms with Crippen molar-refractivity contribution in [1.29, 1.82) is 5.26 Å². The standard InChI is InChI=1S/C14H15N5O2S/c1-18(2)12(13-4-3-7-22-13)9-16-14-6-5-11(19(20)21)10(8-15)17-14/h3-7,12H,9H2,1-2H3,(H,16,17). The maximum absolute atomic E-state index is 10.8. The van der Waals surface area contributed by atoms with Gasteiger partial charge in [0.05, 0.1) is 11.0 Å². The highest BCUT2D eigenvalue weighted by Gasteiger charge is 2.18. The number of nitriles is 1. The lowest BCUT2D eigenvalue weighted by atomic mass is 10.2. The van der Waals surface area contributed by atoms with Crippen LogP contribution in [0.15, 0.2) is 29.6 Å². The van der Waals surface area contributed by atoms with Crippen LogP contribution in [0.2, 0.25) is 0 Å². The van der Waals surface area contributed by atoms with Crippen molar-refractivity contribution >= 4 is 22.8 Å². The summed E-state index contributed by atoms with van der Waals surface area (Å²) in [4.78, 5) is 17.5. The summed E-state index contributed by atoms with van der Waals surface area (Å²) in [6.45, 7) is 0.587. The molecule has 7 nitrogen and oxygen atoms in total. The molecule has 0 saturated carbocycles. The number of nitro groups is 1. The maximum Gasteiger partial charge on any atom is 0.305 e. The van der Waals surface area contributed by atoms with Gasteiger partial charge in [0.15, 0.2) is 0 Å². The number of hydrogen-bond donors (Lipinski definition) is 1. The average Bonchev–Trinajstić information content (AvgIpc) is 3.00. The van der Waals surface area contributed by atoms with Crippen molar-refractivity contribution in [3.63, 3.8) is 0 Å². The number of rotatable bonds is 6. The molecule has 2 rings (SSSR count). The molecule has 0 radical (unpaired) electrons. The van der Waals surface area contributed by atoms with Crippen molar-refractivity contribution in [2.24, 2.45) is 0 Å². The lowest BCUT2D eigenvalue weighted by Crippen LogP contribution is -2.26. The molecule has 2 aromatic heterocycles. The van der Waals surface area contributed by atoms with Gasteiger partial charge in [-0.2, -0.15) is 5.26 Å². The molecule has 0 spiro atoms. The van der Waals surface area contributed by atoms with E-state index in [0.717, 1.165) is 0 Å². The molecule has 0 aliphatic rings. The minimum absolute atomic E-state index is 0.155. The van der Waals surface area contributed by atoms with Crippen LogP contribution < -0.4 is 5.32 Å². The third-order valence-electron chi connectivity index (χ3n) is 3.15. The maximum atomic E-state index is 10.8. The second-order valence-corrected chi connectivity index (χ2v) is 5.79. The minimum Gasteiger partial charge on any atom is -0.368 e. The number of thiophene rings is 1. The van der Waals surface area contributed by atoms with E-state index in [1.54, 1.807) is 17.4 Å². The fraction of sp³-hybridized carbons (Fsp3) is 0.286. The monoisotopic (exact) mass is 317 g/mol. The van der Waals surface area contributed by atoms with Gasteiger partial charge in [0, 0.05) is 17.5 Å². The predicted octanol–water partition coefficient (Wildman–Crippen LogP) is 2.64. The van der Waals surface area contributed by atoms with Gasteiger partial charge in [0.1, 0.15) is 11.9 Å². The van der Waals surface area contributed by atoms with Gasteiger partial charge >= 0.3 is 5.69 Å². The highest BCUT2D eigenvalue weighted by atomic mass is 32.1. The fourth-order valence-corrected chi connectivity index (χ4v) is 2.92. The van der Waals surface area contributed by atoms with Crippen LogP contribution in [0.4, 0.5) is 11.5 Å².